The van der Waals surface area contributed by atoms with Gasteiger partial charge in [0.15, 0.2) is 11.0 Å². The Morgan fingerprint density at radius 1 is 1.15 bits per heavy atom. The number of imide groups is 1. The van der Waals surface area contributed by atoms with Crippen molar-refractivity contribution in [2.24, 2.45) is 0 Å². The summed E-state index contributed by atoms with van der Waals surface area (Å²) < 4.78 is 2.05. The molecule has 0 bridgehead atoms. The minimum absolute atomic E-state index is 0.182. The van der Waals surface area contributed by atoms with Crippen LogP contribution in [0.15, 0.2) is 35.5 Å². The number of thioether (sulfide) groups is 1. The summed E-state index contributed by atoms with van der Waals surface area (Å²) in [5.74, 6) is 0.416. The highest BCUT2D eigenvalue weighted by Crippen LogP contribution is 2.30. The van der Waals surface area contributed by atoms with Crippen molar-refractivity contribution in [2.75, 3.05) is 6.54 Å². The molecule has 2 rings (SSSR count). The highest BCUT2D eigenvalue weighted by molar-refractivity contribution is 8.00. The number of carbonyl (C=O) groups is 2. The molecule has 1 aromatic carbocycles. The van der Waals surface area contributed by atoms with Crippen LogP contribution in [-0.4, -0.2) is 38.5 Å². The fraction of sp³-hybridized carbons (Fsp3) is 0.444. The minimum atomic E-state index is -0.488. The van der Waals surface area contributed by atoms with Crippen LogP contribution in [0.1, 0.15) is 40.2 Å². The summed E-state index contributed by atoms with van der Waals surface area (Å²) in [5.41, 5.74) is 0.978. The van der Waals surface area contributed by atoms with Crippen molar-refractivity contribution < 1.29 is 9.59 Å². The number of benzene rings is 1. The van der Waals surface area contributed by atoms with Crippen molar-refractivity contribution in [1.29, 1.82) is 0 Å². The topological polar surface area (TPSA) is 88.9 Å². The third-order valence-electron chi connectivity index (χ3n) is 3.95. The van der Waals surface area contributed by atoms with Crippen LogP contribution in [0.3, 0.4) is 0 Å². The van der Waals surface area contributed by atoms with Crippen LogP contribution in [0, 0.1) is 0 Å². The third kappa shape index (κ3) is 4.85. The van der Waals surface area contributed by atoms with E-state index in [1.165, 1.54) is 11.8 Å². The van der Waals surface area contributed by atoms with Gasteiger partial charge in [0.25, 0.3) is 0 Å². The molecule has 1 heterocycles. The van der Waals surface area contributed by atoms with Gasteiger partial charge in [0.2, 0.25) is 5.91 Å². The highest BCUT2D eigenvalue weighted by atomic mass is 32.2. The predicted molar refractivity (Wildman–Crippen MR) is 103 cm³/mol. The molecule has 0 radical (unpaired) electrons. The molecule has 2 N–H and O–H groups in total. The molecule has 0 spiro atoms. The van der Waals surface area contributed by atoms with Gasteiger partial charge in [-0.2, -0.15) is 0 Å². The van der Waals surface area contributed by atoms with E-state index in [0.29, 0.717) is 11.7 Å². The summed E-state index contributed by atoms with van der Waals surface area (Å²) in [4.78, 5) is 23.7. The molecule has 1 aromatic heterocycles. The Balaban J connectivity index is 2.22. The molecule has 0 aliphatic heterocycles. The van der Waals surface area contributed by atoms with Crippen LogP contribution >= 0.6 is 11.8 Å². The zero-order chi connectivity index (χ0) is 19.1. The lowest BCUT2D eigenvalue weighted by molar-refractivity contribution is -0.119. The van der Waals surface area contributed by atoms with Crippen molar-refractivity contribution in [3.63, 3.8) is 0 Å². The SMILES string of the molecule is CCNC(=O)NC(=O)[C@H](C)Sc1nnc(-c2ccccc2)n1[C@@H](C)CC. The molecular weight excluding hydrogens is 350 g/mol. The first kappa shape index (κ1) is 20.0. The molecule has 8 heteroatoms. The molecule has 140 valence electrons. The number of nitrogens with zero attached hydrogens (tertiary/aromatic N) is 3. The molecule has 2 atom stereocenters. The molecule has 2 aromatic rings. The lowest BCUT2D eigenvalue weighted by Gasteiger charge is -2.18. The van der Waals surface area contributed by atoms with Crippen molar-refractivity contribution in [3.8, 4) is 11.4 Å². The fourth-order valence-electron chi connectivity index (χ4n) is 2.35. The smallest absolute Gasteiger partial charge is 0.321 e. The zero-order valence-corrected chi connectivity index (χ0v) is 16.3. The second kappa shape index (κ2) is 9.38. The second-order valence-corrected chi connectivity index (χ2v) is 7.22. The van der Waals surface area contributed by atoms with Crippen molar-refractivity contribution in [2.45, 2.75) is 50.6 Å². The van der Waals surface area contributed by atoms with Gasteiger partial charge in [-0.25, -0.2) is 4.79 Å². The summed E-state index contributed by atoms with van der Waals surface area (Å²) >= 11 is 1.29. The van der Waals surface area contributed by atoms with E-state index >= 15 is 0 Å². The molecule has 3 amide bonds. The first-order valence-corrected chi connectivity index (χ1v) is 9.61. The van der Waals surface area contributed by atoms with Gasteiger partial charge in [0, 0.05) is 18.2 Å². The first-order valence-electron chi connectivity index (χ1n) is 8.73. The Bertz CT molecular complexity index is 747. The Morgan fingerprint density at radius 3 is 2.46 bits per heavy atom. The van der Waals surface area contributed by atoms with E-state index in [0.717, 1.165) is 17.8 Å². The van der Waals surface area contributed by atoms with Gasteiger partial charge in [0.1, 0.15) is 0 Å². The zero-order valence-electron chi connectivity index (χ0n) is 15.5. The van der Waals surface area contributed by atoms with E-state index in [4.69, 9.17) is 0 Å². The second-order valence-electron chi connectivity index (χ2n) is 5.91. The Labute approximate surface area is 158 Å². The summed E-state index contributed by atoms with van der Waals surface area (Å²) in [6.45, 7) is 8.20. The lowest BCUT2D eigenvalue weighted by Crippen LogP contribution is -2.42. The average molecular weight is 375 g/mol. The highest BCUT2D eigenvalue weighted by Gasteiger charge is 2.23. The number of carbonyl (C=O) groups excluding carboxylic acids is 2. The van der Waals surface area contributed by atoms with Crippen LogP contribution in [-0.2, 0) is 4.79 Å². The number of urea groups is 1. The Kier molecular flexibility index (Phi) is 7.20. The quantitative estimate of drug-likeness (QED) is 0.725. The molecule has 0 saturated carbocycles. The molecule has 0 unspecified atom stereocenters. The number of nitrogens with one attached hydrogen (secondary N) is 2. The monoisotopic (exact) mass is 375 g/mol. The summed E-state index contributed by atoms with van der Waals surface area (Å²) in [7, 11) is 0. The Hall–Kier alpha value is -2.35. The first-order chi connectivity index (χ1) is 12.5. The van der Waals surface area contributed by atoms with E-state index in [-0.39, 0.29) is 11.9 Å². The van der Waals surface area contributed by atoms with Gasteiger partial charge in [-0.3, -0.25) is 14.7 Å². The predicted octanol–water partition coefficient (Wildman–Crippen LogP) is 3.24. The molecule has 0 fully saturated rings. The minimum Gasteiger partial charge on any atom is -0.338 e. The maximum atomic E-state index is 12.2. The van der Waals surface area contributed by atoms with Crippen molar-refractivity contribution in [3.05, 3.63) is 30.3 Å². The van der Waals surface area contributed by atoms with Crippen LogP contribution in [0.4, 0.5) is 4.79 Å². The molecular formula is C18H25N5O2S. The lowest BCUT2D eigenvalue weighted by atomic mass is 10.2. The largest absolute Gasteiger partial charge is 0.338 e. The normalized spacial score (nSPS) is 13.1. The van der Waals surface area contributed by atoms with Crippen LogP contribution in [0.25, 0.3) is 11.4 Å². The molecule has 26 heavy (non-hydrogen) atoms. The number of aromatic nitrogens is 3. The van der Waals surface area contributed by atoms with E-state index in [9.17, 15) is 9.59 Å². The number of rotatable bonds is 7. The maximum Gasteiger partial charge on any atom is 0.321 e. The average Bonchev–Trinajstić information content (AvgIpc) is 3.05. The van der Waals surface area contributed by atoms with E-state index in [1.54, 1.807) is 13.8 Å². The van der Waals surface area contributed by atoms with Crippen LogP contribution in [0.2, 0.25) is 0 Å². The van der Waals surface area contributed by atoms with E-state index in [1.807, 2.05) is 30.3 Å². The third-order valence-corrected chi connectivity index (χ3v) is 5.01. The molecule has 0 aliphatic rings. The number of hydrogen-bond donors (Lipinski definition) is 2. The van der Waals surface area contributed by atoms with E-state index in [2.05, 4.69) is 39.2 Å². The summed E-state index contributed by atoms with van der Waals surface area (Å²) in [6, 6.07) is 9.54. The summed E-state index contributed by atoms with van der Waals surface area (Å²) in [5, 5.41) is 13.7. The maximum absolute atomic E-state index is 12.2. The summed E-state index contributed by atoms with van der Waals surface area (Å²) in [6.07, 6.45) is 0.908. The van der Waals surface area contributed by atoms with Crippen LogP contribution in [0.5, 0.6) is 0 Å². The molecule has 0 aliphatic carbocycles. The van der Waals surface area contributed by atoms with E-state index < -0.39 is 11.3 Å². The van der Waals surface area contributed by atoms with Gasteiger partial charge < -0.3 is 5.32 Å². The fourth-order valence-corrected chi connectivity index (χ4v) is 3.30. The van der Waals surface area contributed by atoms with Gasteiger partial charge in [-0.15, -0.1) is 10.2 Å². The number of amides is 3. The molecule has 0 saturated heterocycles. The number of hydrogen-bond acceptors (Lipinski definition) is 5. The van der Waals surface area contributed by atoms with Crippen molar-refractivity contribution in [1.82, 2.24) is 25.4 Å². The van der Waals surface area contributed by atoms with Crippen molar-refractivity contribution >= 4 is 23.7 Å². The van der Waals surface area contributed by atoms with Gasteiger partial charge in [-0.1, -0.05) is 49.0 Å². The standard InChI is InChI=1S/C18H25N5O2S/c1-5-12(3)23-15(14-10-8-7-9-11-14)21-22-18(23)26-13(4)16(24)20-17(25)19-6-2/h7-13H,5-6H2,1-4H3,(H2,19,20,24,25)/t12-,13-/m0/s1. The van der Waals surface area contributed by atoms with Gasteiger partial charge in [-0.05, 0) is 27.2 Å². The van der Waals surface area contributed by atoms with Gasteiger partial charge >= 0.3 is 6.03 Å². The molecule has 7 nitrogen and oxygen atoms in total. The van der Waals surface area contributed by atoms with Gasteiger partial charge in [0.05, 0.1) is 5.25 Å². The Morgan fingerprint density at radius 2 is 1.85 bits per heavy atom. The van der Waals surface area contributed by atoms with Crippen LogP contribution < -0.4 is 10.6 Å².